The molecule has 108 valence electrons. The van der Waals surface area contributed by atoms with E-state index in [0.717, 1.165) is 31.3 Å². The molecule has 0 amide bonds. The Morgan fingerprint density at radius 2 is 2.11 bits per heavy atom. The fraction of sp³-hybridized carbons (Fsp3) is 0.800. The summed E-state index contributed by atoms with van der Waals surface area (Å²) >= 11 is 6.08. The summed E-state index contributed by atoms with van der Waals surface area (Å²) < 4.78 is 1.99. The van der Waals surface area contributed by atoms with Crippen molar-refractivity contribution in [1.29, 1.82) is 0 Å². The highest BCUT2D eigenvalue weighted by Gasteiger charge is 2.23. The van der Waals surface area contributed by atoms with E-state index >= 15 is 0 Å². The number of aromatic nitrogens is 2. The molecule has 2 atom stereocenters. The van der Waals surface area contributed by atoms with E-state index in [1.807, 2.05) is 11.7 Å². The Balaban J connectivity index is 1.80. The Labute approximate surface area is 121 Å². The van der Waals surface area contributed by atoms with Gasteiger partial charge in [0.15, 0.2) is 0 Å². The largest absolute Gasteiger partial charge is 0.311 e. The van der Waals surface area contributed by atoms with Crippen LogP contribution < -0.4 is 5.32 Å². The predicted molar refractivity (Wildman–Crippen MR) is 80.5 cm³/mol. The quantitative estimate of drug-likeness (QED) is 0.813. The van der Waals surface area contributed by atoms with Crippen LogP contribution in [0.4, 0.5) is 0 Å². The molecular formula is C15H26ClN3. The molecule has 0 spiro atoms. The van der Waals surface area contributed by atoms with Crippen molar-refractivity contribution >= 4 is 11.6 Å². The van der Waals surface area contributed by atoms with Crippen molar-refractivity contribution in [3.05, 3.63) is 17.5 Å². The van der Waals surface area contributed by atoms with E-state index < -0.39 is 0 Å². The van der Waals surface area contributed by atoms with Gasteiger partial charge in [-0.15, -0.1) is 11.6 Å². The van der Waals surface area contributed by atoms with Crippen molar-refractivity contribution in [2.45, 2.75) is 45.6 Å². The van der Waals surface area contributed by atoms with Crippen molar-refractivity contribution in [3.8, 4) is 0 Å². The molecule has 1 heterocycles. The molecule has 0 bridgehead atoms. The summed E-state index contributed by atoms with van der Waals surface area (Å²) in [5.41, 5.74) is 2.45. The van der Waals surface area contributed by atoms with Gasteiger partial charge in [0.2, 0.25) is 0 Å². The molecule has 0 aliphatic heterocycles. The smallest absolute Gasteiger partial charge is 0.0625 e. The first kappa shape index (κ1) is 14.9. The number of nitrogens with one attached hydrogen (secondary N) is 1. The molecule has 0 radical (unpaired) electrons. The average Bonchev–Trinajstić information content (AvgIpc) is 2.80. The molecule has 1 aliphatic carbocycles. The van der Waals surface area contributed by atoms with E-state index in [2.05, 4.69) is 23.4 Å². The van der Waals surface area contributed by atoms with Gasteiger partial charge in [0.1, 0.15) is 0 Å². The Bertz CT molecular complexity index is 389. The van der Waals surface area contributed by atoms with Crippen LogP contribution in [0.3, 0.4) is 0 Å². The zero-order valence-electron chi connectivity index (χ0n) is 12.2. The van der Waals surface area contributed by atoms with Gasteiger partial charge in [-0.2, -0.15) is 5.10 Å². The fourth-order valence-corrected chi connectivity index (χ4v) is 3.46. The van der Waals surface area contributed by atoms with Crippen LogP contribution in [-0.2, 0) is 20.0 Å². The summed E-state index contributed by atoms with van der Waals surface area (Å²) in [6, 6.07) is 2.20. The van der Waals surface area contributed by atoms with Crippen LogP contribution in [0.15, 0.2) is 6.07 Å². The molecule has 1 aromatic rings. The maximum absolute atomic E-state index is 6.08. The van der Waals surface area contributed by atoms with Gasteiger partial charge < -0.3 is 5.32 Å². The van der Waals surface area contributed by atoms with Crippen molar-refractivity contribution in [2.24, 2.45) is 18.9 Å². The van der Waals surface area contributed by atoms with E-state index in [0.29, 0.717) is 5.92 Å². The average molecular weight is 284 g/mol. The molecule has 19 heavy (non-hydrogen) atoms. The van der Waals surface area contributed by atoms with E-state index in [9.17, 15) is 0 Å². The molecule has 0 saturated heterocycles. The third-order valence-corrected chi connectivity index (χ3v) is 4.76. The summed E-state index contributed by atoms with van der Waals surface area (Å²) in [4.78, 5) is 0. The monoisotopic (exact) mass is 283 g/mol. The molecule has 1 fully saturated rings. The van der Waals surface area contributed by atoms with Gasteiger partial charge in [-0.25, -0.2) is 0 Å². The van der Waals surface area contributed by atoms with E-state index in [4.69, 9.17) is 11.6 Å². The van der Waals surface area contributed by atoms with Crippen LogP contribution in [0.5, 0.6) is 0 Å². The van der Waals surface area contributed by atoms with E-state index in [1.165, 1.54) is 37.1 Å². The lowest BCUT2D eigenvalue weighted by molar-refractivity contribution is 0.250. The topological polar surface area (TPSA) is 29.9 Å². The highest BCUT2D eigenvalue weighted by atomic mass is 35.5. The minimum Gasteiger partial charge on any atom is -0.311 e. The molecule has 2 rings (SSSR count). The molecule has 1 saturated carbocycles. The summed E-state index contributed by atoms with van der Waals surface area (Å²) in [6.07, 6.45) is 6.36. The van der Waals surface area contributed by atoms with Gasteiger partial charge in [0.25, 0.3) is 0 Å². The third kappa shape index (κ3) is 3.96. The van der Waals surface area contributed by atoms with Crippen molar-refractivity contribution in [2.75, 3.05) is 12.4 Å². The second-order valence-corrected chi connectivity index (χ2v) is 6.00. The summed E-state index contributed by atoms with van der Waals surface area (Å²) in [7, 11) is 2.03. The Hall–Kier alpha value is -0.540. The standard InChI is InChI=1S/C15H26ClN3/c1-3-14-8-15(19(2)18-14)11-17-10-13-7-5-4-6-12(13)9-16/h8,12-13,17H,3-7,9-11H2,1-2H3. The van der Waals surface area contributed by atoms with Crippen LogP contribution in [0, 0.1) is 11.8 Å². The number of aryl methyl sites for hydroxylation is 2. The molecule has 1 aliphatic rings. The molecule has 4 heteroatoms. The zero-order valence-corrected chi connectivity index (χ0v) is 12.9. The summed E-state index contributed by atoms with van der Waals surface area (Å²) in [5, 5.41) is 8.08. The Kier molecular flexibility index (Phi) is 5.71. The first-order chi connectivity index (χ1) is 9.24. The minimum absolute atomic E-state index is 0.709. The van der Waals surface area contributed by atoms with Crippen LogP contribution in [-0.4, -0.2) is 22.2 Å². The highest BCUT2D eigenvalue weighted by Crippen LogP contribution is 2.30. The molecule has 1 aromatic heterocycles. The van der Waals surface area contributed by atoms with Gasteiger partial charge in [0.05, 0.1) is 11.4 Å². The molecule has 2 unspecified atom stereocenters. The van der Waals surface area contributed by atoms with E-state index in [1.54, 1.807) is 0 Å². The van der Waals surface area contributed by atoms with Gasteiger partial charge in [-0.3, -0.25) is 4.68 Å². The van der Waals surface area contributed by atoms with Crippen molar-refractivity contribution in [3.63, 3.8) is 0 Å². The van der Waals surface area contributed by atoms with Crippen LogP contribution in [0.25, 0.3) is 0 Å². The van der Waals surface area contributed by atoms with Gasteiger partial charge in [-0.05, 0) is 43.7 Å². The number of nitrogens with zero attached hydrogens (tertiary/aromatic N) is 2. The number of hydrogen-bond acceptors (Lipinski definition) is 2. The lowest BCUT2D eigenvalue weighted by atomic mass is 9.80. The minimum atomic E-state index is 0.709. The number of rotatable bonds is 6. The van der Waals surface area contributed by atoms with Crippen molar-refractivity contribution in [1.82, 2.24) is 15.1 Å². The lowest BCUT2D eigenvalue weighted by Gasteiger charge is -2.30. The summed E-state index contributed by atoms with van der Waals surface area (Å²) in [6.45, 7) is 4.14. The highest BCUT2D eigenvalue weighted by molar-refractivity contribution is 6.18. The van der Waals surface area contributed by atoms with Gasteiger partial charge in [0, 0.05) is 19.5 Å². The SMILES string of the molecule is CCc1cc(CNCC2CCCCC2CCl)n(C)n1. The number of halogens is 1. The van der Waals surface area contributed by atoms with Gasteiger partial charge >= 0.3 is 0 Å². The first-order valence-electron chi connectivity index (χ1n) is 7.53. The molecule has 0 aromatic carbocycles. The number of hydrogen-bond donors (Lipinski definition) is 1. The second-order valence-electron chi connectivity index (χ2n) is 5.69. The molecular weight excluding hydrogens is 258 g/mol. The fourth-order valence-electron chi connectivity index (χ4n) is 3.05. The molecule has 1 N–H and O–H groups in total. The van der Waals surface area contributed by atoms with Crippen LogP contribution in [0.1, 0.15) is 44.0 Å². The van der Waals surface area contributed by atoms with E-state index in [-0.39, 0.29) is 0 Å². The lowest BCUT2D eigenvalue weighted by Crippen LogP contribution is -2.31. The van der Waals surface area contributed by atoms with Crippen molar-refractivity contribution < 1.29 is 0 Å². The second kappa shape index (κ2) is 7.30. The third-order valence-electron chi connectivity index (χ3n) is 4.37. The maximum atomic E-state index is 6.08. The van der Waals surface area contributed by atoms with Gasteiger partial charge in [-0.1, -0.05) is 19.8 Å². The maximum Gasteiger partial charge on any atom is 0.0625 e. The Morgan fingerprint density at radius 3 is 2.74 bits per heavy atom. The van der Waals surface area contributed by atoms with Crippen LogP contribution >= 0.6 is 11.6 Å². The zero-order chi connectivity index (χ0) is 13.7. The van der Waals surface area contributed by atoms with Crippen LogP contribution in [0.2, 0.25) is 0 Å². The molecule has 3 nitrogen and oxygen atoms in total. The Morgan fingerprint density at radius 1 is 1.37 bits per heavy atom. The predicted octanol–water partition coefficient (Wildman–Crippen LogP) is 3.12. The summed E-state index contributed by atoms with van der Waals surface area (Å²) in [5.74, 6) is 2.28. The first-order valence-corrected chi connectivity index (χ1v) is 8.06. The number of alkyl halides is 1. The normalized spacial score (nSPS) is 23.7.